The zero-order valence-corrected chi connectivity index (χ0v) is 10.4. The van der Waals surface area contributed by atoms with Gasteiger partial charge >= 0.3 is 0 Å². The van der Waals surface area contributed by atoms with Gasteiger partial charge in [-0.2, -0.15) is 5.26 Å². The van der Waals surface area contributed by atoms with E-state index in [9.17, 15) is 5.26 Å². The number of para-hydroxylation sites is 1. The molecule has 0 fully saturated rings. The van der Waals surface area contributed by atoms with Crippen LogP contribution in [0.1, 0.15) is 16.8 Å². The topological polar surface area (TPSA) is 78.8 Å². The molecule has 2 aromatic rings. The van der Waals surface area contributed by atoms with Gasteiger partial charge in [-0.05, 0) is 12.1 Å². The number of nitrogens with zero attached hydrogens (tertiary/aromatic N) is 4. The van der Waals surface area contributed by atoms with Crippen LogP contribution in [0.25, 0.3) is 0 Å². The minimum atomic E-state index is 0.532. The van der Waals surface area contributed by atoms with Gasteiger partial charge in [-0.3, -0.25) is 0 Å². The third-order valence-electron chi connectivity index (χ3n) is 3.40. The Balaban J connectivity index is 1.98. The lowest BCUT2D eigenvalue weighted by Gasteiger charge is -2.30. The van der Waals surface area contributed by atoms with E-state index in [0.717, 1.165) is 29.9 Å². The minimum absolute atomic E-state index is 0.532. The summed E-state index contributed by atoms with van der Waals surface area (Å²) < 4.78 is 0. The highest BCUT2D eigenvalue weighted by Gasteiger charge is 2.21. The van der Waals surface area contributed by atoms with Gasteiger partial charge in [0.2, 0.25) is 0 Å². The van der Waals surface area contributed by atoms with E-state index in [1.165, 1.54) is 6.33 Å². The molecule has 0 atom stereocenters. The number of rotatable bonds is 1. The molecule has 0 radical (unpaired) electrons. The van der Waals surface area contributed by atoms with Gasteiger partial charge < -0.3 is 10.6 Å². The van der Waals surface area contributed by atoms with E-state index in [2.05, 4.69) is 20.9 Å². The fourth-order valence-corrected chi connectivity index (χ4v) is 2.41. The Morgan fingerprint density at radius 3 is 2.95 bits per heavy atom. The predicted octanol–water partition coefficient (Wildman–Crippen LogP) is 1.49. The van der Waals surface area contributed by atoms with E-state index in [0.29, 0.717) is 17.9 Å². The summed E-state index contributed by atoms with van der Waals surface area (Å²) in [7, 11) is 0. The van der Waals surface area contributed by atoms with Crippen molar-refractivity contribution in [3.63, 3.8) is 0 Å². The van der Waals surface area contributed by atoms with Crippen LogP contribution >= 0.6 is 0 Å². The standard InChI is InChI=1S/C14H13N5/c15-7-10-3-1-2-4-13(10)19-6-5-12-11(8-19)14(16)18-9-17-12/h1-4,9H,5-6,8H2,(H2,16,17,18). The van der Waals surface area contributed by atoms with Gasteiger partial charge in [0, 0.05) is 25.1 Å². The highest BCUT2D eigenvalue weighted by molar-refractivity contribution is 5.61. The van der Waals surface area contributed by atoms with Gasteiger partial charge in [0.1, 0.15) is 18.2 Å². The number of benzene rings is 1. The number of hydrogen-bond acceptors (Lipinski definition) is 5. The van der Waals surface area contributed by atoms with Crippen molar-refractivity contribution < 1.29 is 0 Å². The maximum atomic E-state index is 9.17. The molecule has 1 aromatic heterocycles. The zero-order valence-electron chi connectivity index (χ0n) is 10.4. The Kier molecular flexibility index (Phi) is 2.76. The van der Waals surface area contributed by atoms with Gasteiger partial charge in [0.15, 0.2) is 0 Å². The number of nitrogens with two attached hydrogens (primary N) is 1. The van der Waals surface area contributed by atoms with Crippen molar-refractivity contribution in [3.05, 3.63) is 47.4 Å². The quantitative estimate of drug-likeness (QED) is 0.830. The average molecular weight is 251 g/mol. The summed E-state index contributed by atoms with van der Waals surface area (Å²) >= 11 is 0. The molecule has 3 rings (SSSR count). The Morgan fingerprint density at radius 2 is 2.11 bits per heavy atom. The number of fused-ring (bicyclic) bond motifs is 1. The molecule has 94 valence electrons. The van der Waals surface area contributed by atoms with Crippen LogP contribution in [0.2, 0.25) is 0 Å². The van der Waals surface area contributed by atoms with E-state index >= 15 is 0 Å². The summed E-state index contributed by atoms with van der Waals surface area (Å²) in [6.07, 6.45) is 2.33. The summed E-state index contributed by atoms with van der Waals surface area (Å²) in [6, 6.07) is 9.83. The van der Waals surface area contributed by atoms with Crippen molar-refractivity contribution in [2.45, 2.75) is 13.0 Å². The second kappa shape index (κ2) is 4.58. The summed E-state index contributed by atoms with van der Waals surface area (Å²) in [6.45, 7) is 1.49. The van der Waals surface area contributed by atoms with Crippen LogP contribution in [0, 0.1) is 11.3 Å². The highest BCUT2D eigenvalue weighted by Crippen LogP contribution is 2.27. The van der Waals surface area contributed by atoms with Crippen LogP contribution in [0.5, 0.6) is 0 Å². The van der Waals surface area contributed by atoms with Crippen molar-refractivity contribution in [1.29, 1.82) is 5.26 Å². The van der Waals surface area contributed by atoms with E-state index in [1.807, 2.05) is 24.3 Å². The van der Waals surface area contributed by atoms with E-state index in [-0.39, 0.29) is 0 Å². The summed E-state index contributed by atoms with van der Waals surface area (Å²) in [5.74, 6) is 0.532. The lowest BCUT2D eigenvalue weighted by atomic mass is 10.0. The molecular formula is C14H13N5. The number of nitriles is 1. The SMILES string of the molecule is N#Cc1ccccc1N1CCc2ncnc(N)c2C1. The van der Waals surface area contributed by atoms with E-state index < -0.39 is 0 Å². The van der Waals surface area contributed by atoms with Crippen molar-refractivity contribution in [1.82, 2.24) is 9.97 Å². The molecule has 1 aliphatic rings. The molecule has 1 aromatic carbocycles. The predicted molar refractivity (Wildman–Crippen MR) is 72.4 cm³/mol. The van der Waals surface area contributed by atoms with Crippen molar-refractivity contribution in [3.8, 4) is 6.07 Å². The van der Waals surface area contributed by atoms with Gasteiger partial charge in [-0.25, -0.2) is 9.97 Å². The molecule has 19 heavy (non-hydrogen) atoms. The van der Waals surface area contributed by atoms with Gasteiger partial charge in [0.25, 0.3) is 0 Å². The first-order valence-electron chi connectivity index (χ1n) is 6.12. The molecule has 2 N–H and O–H groups in total. The van der Waals surface area contributed by atoms with Crippen molar-refractivity contribution >= 4 is 11.5 Å². The maximum absolute atomic E-state index is 9.17. The zero-order chi connectivity index (χ0) is 13.2. The van der Waals surface area contributed by atoms with Crippen molar-refractivity contribution in [2.75, 3.05) is 17.2 Å². The number of aromatic nitrogens is 2. The van der Waals surface area contributed by atoms with Crippen LogP contribution in [0.4, 0.5) is 11.5 Å². The number of anilines is 2. The summed E-state index contributed by atoms with van der Waals surface area (Å²) in [4.78, 5) is 10.5. The second-order valence-electron chi connectivity index (χ2n) is 4.48. The Bertz CT molecular complexity index is 659. The van der Waals surface area contributed by atoms with Gasteiger partial charge in [0.05, 0.1) is 16.9 Å². The highest BCUT2D eigenvalue weighted by atomic mass is 15.1. The first-order valence-corrected chi connectivity index (χ1v) is 6.12. The molecule has 0 saturated heterocycles. The number of nitrogen functional groups attached to an aromatic ring is 1. The first-order chi connectivity index (χ1) is 9.29. The van der Waals surface area contributed by atoms with Gasteiger partial charge in [-0.15, -0.1) is 0 Å². The molecule has 0 bridgehead atoms. The Hall–Kier alpha value is -2.61. The summed E-state index contributed by atoms with van der Waals surface area (Å²) in [5.41, 5.74) is 9.52. The Morgan fingerprint density at radius 1 is 1.26 bits per heavy atom. The van der Waals surface area contributed by atoms with Crippen LogP contribution in [0.3, 0.4) is 0 Å². The molecular weight excluding hydrogens is 238 g/mol. The molecule has 0 unspecified atom stereocenters. The lowest BCUT2D eigenvalue weighted by molar-refractivity contribution is 0.707. The van der Waals surface area contributed by atoms with Crippen LogP contribution in [-0.2, 0) is 13.0 Å². The normalized spacial score (nSPS) is 13.7. The maximum Gasteiger partial charge on any atom is 0.132 e. The molecule has 5 heteroatoms. The lowest BCUT2D eigenvalue weighted by Crippen LogP contribution is -2.32. The second-order valence-corrected chi connectivity index (χ2v) is 4.48. The molecule has 2 heterocycles. The minimum Gasteiger partial charge on any atom is -0.383 e. The molecule has 5 nitrogen and oxygen atoms in total. The van der Waals surface area contributed by atoms with E-state index in [1.54, 1.807) is 0 Å². The van der Waals surface area contributed by atoms with Crippen molar-refractivity contribution in [2.24, 2.45) is 0 Å². The van der Waals surface area contributed by atoms with Crippen LogP contribution < -0.4 is 10.6 Å². The molecule has 0 saturated carbocycles. The van der Waals surface area contributed by atoms with Crippen LogP contribution in [0.15, 0.2) is 30.6 Å². The first kappa shape index (κ1) is 11.5. The van der Waals surface area contributed by atoms with Crippen LogP contribution in [-0.4, -0.2) is 16.5 Å². The average Bonchev–Trinajstić information content (AvgIpc) is 2.47. The van der Waals surface area contributed by atoms with E-state index in [4.69, 9.17) is 5.73 Å². The molecule has 1 aliphatic heterocycles. The smallest absolute Gasteiger partial charge is 0.132 e. The Labute approximate surface area is 111 Å². The van der Waals surface area contributed by atoms with Gasteiger partial charge in [-0.1, -0.05) is 12.1 Å². The third kappa shape index (κ3) is 1.97. The monoisotopic (exact) mass is 251 g/mol. The fourth-order valence-electron chi connectivity index (χ4n) is 2.41. The third-order valence-corrected chi connectivity index (χ3v) is 3.40. The largest absolute Gasteiger partial charge is 0.383 e. The molecule has 0 spiro atoms. The summed E-state index contributed by atoms with van der Waals surface area (Å²) in [5, 5.41) is 9.17. The molecule has 0 aliphatic carbocycles. The molecule has 0 amide bonds. The number of hydrogen-bond donors (Lipinski definition) is 1. The fraction of sp³-hybridized carbons (Fsp3) is 0.214.